The number of thiazole rings is 1. The fraction of sp³-hybridized carbons (Fsp3) is 0.812. The van der Waals surface area contributed by atoms with Gasteiger partial charge in [-0.2, -0.15) is 0 Å². The Morgan fingerprint density at radius 3 is 2.50 bits per heavy atom. The van der Waals surface area contributed by atoms with Gasteiger partial charge in [0.1, 0.15) is 5.01 Å². The molecule has 0 aromatic carbocycles. The molecule has 1 fully saturated rings. The third-order valence-corrected chi connectivity index (χ3v) is 5.28. The molecule has 0 unspecified atom stereocenters. The van der Waals surface area contributed by atoms with Gasteiger partial charge in [-0.15, -0.1) is 11.3 Å². The molecule has 20 heavy (non-hydrogen) atoms. The molecule has 2 rings (SSSR count). The van der Waals surface area contributed by atoms with Gasteiger partial charge in [0.05, 0.1) is 11.2 Å². The Hall–Kier alpha value is -0.450. The second kappa shape index (κ2) is 6.12. The van der Waals surface area contributed by atoms with Crippen molar-refractivity contribution in [2.24, 2.45) is 0 Å². The van der Waals surface area contributed by atoms with Crippen molar-refractivity contribution in [3.05, 3.63) is 16.1 Å². The first-order valence-electron chi connectivity index (χ1n) is 7.77. The largest absolute Gasteiger partial charge is 0.306 e. The summed E-state index contributed by atoms with van der Waals surface area (Å²) in [4.78, 5) is 7.41. The Kier molecular flexibility index (Phi) is 4.88. The molecule has 114 valence electrons. The molecule has 1 aliphatic heterocycles. The number of aromatic nitrogens is 1. The molecule has 0 spiro atoms. The monoisotopic (exact) mass is 295 g/mol. The van der Waals surface area contributed by atoms with Crippen molar-refractivity contribution in [2.75, 3.05) is 26.7 Å². The second-order valence-electron chi connectivity index (χ2n) is 7.10. The van der Waals surface area contributed by atoms with Crippen molar-refractivity contribution in [3.63, 3.8) is 0 Å². The molecule has 0 aliphatic carbocycles. The standard InChI is InChI=1S/C16H29N3S/c1-6-9-17-16(7-10-19(5)11-8-16)14-18-13(12-20-14)15(2,3)4/h12,17H,6-11H2,1-5H3. The van der Waals surface area contributed by atoms with E-state index in [1.807, 2.05) is 11.3 Å². The van der Waals surface area contributed by atoms with Gasteiger partial charge in [-0.25, -0.2) is 4.98 Å². The number of hydrogen-bond acceptors (Lipinski definition) is 4. The maximum atomic E-state index is 4.99. The van der Waals surface area contributed by atoms with E-state index in [2.05, 4.69) is 50.3 Å². The Morgan fingerprint density at radius 1 is 1.35 bits per heavy atom. The third kappa shape index (κ3) is 3.41. The van der Waals surface area contributed by atoms with E-state index in [0.717, 1.165) is 19.6 Å². The van der Waals surface area contributed by atoms with Gasteiger partial charge in [0.25, 0.3) is 0 Å². The molecule has 0 bridgehead atoms. The Labute approximate surface area is 127 Å². The Morgan fingerprint density at radius 2 is 2.00 bits per heavy atom. The Bertz CT molecular complexity index is 420. The van der Waals surface area contributed by atoms with Crippen LogP contribution in [0.1, 0.15) is 57.7 Å². The molecule has 1 aromatic heterocycles. The highest BCUT2D eigenvalue weighted by Crippen LogP contribution is 2.36. The van der Waals surface area contributed by atoms with Crippen molar-refractivity contribution >= 4 is 11.3 Å². The first-order valence-corrected chi connectivity index (χ1v) is 8.65. The molecule has 1 aliphatic rings. The SMILES string of the molecule is CCCNC1(c2nc(C(C)(C)C)cs2)CCN(C)CC1. The average Bonchev–Trinajstić information content (AvgIpc) is 2.89. The summed E-state index contributed by atoms with van der Waals surface area (Å²) in [6.07, 6.45) is 3.51. The van der Waals surface area contributed by atoms with Crippen molar-refractivity contribution in [1.29, 1.82) is 0 Å². The van der Waals surface area contributed by atoms with Crippen LogP contribution in [0.3, 0.4) is 0 Å². The molecule has 1 aromatic rings. The highest BCUT2D eigenvalue weighted by atomic mass is 32.1. The lowest BCUT2D eigenvalue weighted by Crippen LogP contribution is -2.50. The van der Waals surface area contributed by atoms with Gasteiger partial charge in [0.15, 0.2) is 0 Å². The zero-order valence-corrected chi connectivity index (χ0v) is 14.4. The maximum Gasteiger partial charge on any atom is 0.113 e. The highest BCUT2D eigenvalue weighted by Gasteiger charge is 2.38. The van der Waals surface area contributed by atoms with E-state index in [9.17, 15) is 0 Å². The van der Waals surface area contributed by atoms with E-state index in [4.69, 9.17) is 4.98 Å². The predicted octanol–water partition coefficient (Wildman–Crippen LogP) is 3.36. The molecule has 2 heterocycles. The van der Waals surface area contributed by atoms with Crippen molar-refractivity contribution in [3.8, 4) is 0 Å². The lowest BCUT2D eigenvalue weighted by molar-refractivity contribution is 0.156. The summed E-state index contributed by atoms with van der Waals surface area (Å²) >= 11 is 1.84. The zero-order valence-electron chi connectivity index (χ0n) is 13.6. The molecule has 0 saturated carbocycles. The molecular weight excluding hydrogens is 266 g/mol. The topological polar surface area (TPSA) is 28.2 Å². The molecule has 1 N–H and O–H groups in total. The normalized spacial score (nSPS) is 20.2. The average molecular weight is 295 g/mol. The van der Waals surface area contributed by atoms with E-state index in [1.54, 1.807) is 0 Å². The lowest BCUT2D eigenvalue weighted by atomic mass is 9.87. The van der Waals surface area contributed by atoms with Crippen molar-refractivity contribution in [2.45, 2.75) is 57.9 Å². The molecule has 0 amide bonds. The van der Waals surface area contributed by atoms with E-state index < -0.39 is 0 Å². The van der Waals surface area contributed by atoms with Gasteiger partial charge in [-0.05, 0) is 32.9 Å². The van der Waals surface area contributed by atoms with Crippen LogP contribution in [0.5, 0.6) is 0 Å². The van der Waals surface area contributed by atoms with Crippen LogP contribution in [0, 0.1) is 0 Å². The number of hydrogen-bond donors (Lipinski definition) is 1. The van der Waals surface area contributed by atoms with Crippen molar-refractivity contribution < 1.29 is 0 Å². The van der Waals surface area contributed by atoms with Gasteiger partial charge in [-0.1, -0.05) is 27.7 Å². The first-order chi connectivity index (χ1) is 9.37. The number of nitrogens with one attached hydrogen (secondary N) is 1. The predicted molar refractivity (Wildman–Crippen MR) is 87.5 cm³/mol. The molecule has 1 saturated heterocycles. The maximum absolute atomic E-state index is 4.99. The molecule has 4 heteroatoms. The summed E-state index contributed by atoms with van der Waals surface area (Å²) in [5.74, 6) is 0. The van der Waals surface area contributed by atoms with E-state index in [-0.39, 0.29) is 11.0 Å². The minimum atomic E-state index is 0.108. The quantitative estimate of drug-likeness (QED) is 0.923. The molecular formula is C16H29N3S. The summed E-state index contributed by atoms with van der Waals surface area (Å²) in [6.45, 7) is 12.3. The summed E-state index contributed by atoms with van der Waals surface area (Å²) in [7, 11) is 2.21. The minimum absolute atomic E-state index is 0.108. The van der Waals surface area contributed by atoms with Gasteiger partial charge >= 0.3 is 0 Å². The van der Waals surface area contributed by atoms with E-state index in [1.165, 1.54) is 30.0 Å². The second-order valence-corrected chi connectivity index (χ2v) is 7.96. The van der Waals surface area contributed by atoms with Crippen molar-refractivity contribution in [1.82, 2.24) is 15.2 Å². The fourth-order valence-corrected chi connectivity index (χ4v) is 3.95. The van der Waals surface area contributed by atoms with Crippen LogP contribution in [0.4, 0.5) is 0 Å². The number of piperidine rings is 1. The van der Waals surface area contributed by atoms with Crippen LogP contribution < -0.4 is 5.32 Å². The van der Waals surface area contributed by atoms with Crippen LogP contribution in [0.25, 0.3) is 0 Å². The first kappa shape index (κ1) is 15.9. The van der Waals surface area contributed by atoms with Gasteiger partial charge < -0.3 is 10.2 Å². The molecule has 0 radical (unpaired) electrons. The summed E-state index contributed by atoms with van der Waals surface area (Å²) in [5.41, 5.74) is 1.48. The minimum Gasteiger partial charge on any atom is -0.306 e. The van der Waals surface area contributed by atoms with Crippen LogP contribution in [0.2, 0.25) is 0 Å². The summed E-state index contributed by atoms with van der Waals surface area (Å²) < 4.78 is 0. The van der Waals surface area contributed by atoms with E-state index >= 15 is 0 Å². The van der Waals surface area contributed by atoms with Crippen LogP contribution in [-0.2, 0) is 11.0 Å². The smallest absolute Gasteiger partial charge is 0.113 e. The summed E-state index contributed by atoms with van der Waals surface area (Å²) in [6, 6.07) is 0. The van der Waals surface area contributed by atoms with E-state index in [0.29, 0.717) is 0 Å². The van der Waals surface area contributed by atoms with Crippen LogP contribution in [-0.4, -0.2) is 36.6 Å². The lowest BCUT2D eigenvalue weighted by Gasteiger charge is -2.40. The van der Waals surface area contributed by atoms with Crippen LogP contribution in [0.15, 0.2) is 5.38 Å². The number of likely N-dealkylation sites (tertiary alicyclic amines) is 1. The number of nitrogens with zero attached hydrogens (tertiary/aromatic N) is 2. The third-order valence-electron chi connectivity index (χ3n) is 4.24. The van der Waals surface area contributed by atoms with Gasteiger partial charge in [-0.3, -0.25) is 0 Å². The highest BCUT2D eigenvalue weighted by molar-refractivity contribution is 7.09. The zero-order chi connectivity index (χ0) is 14.8. The molecule has 0 atom stereocenters. The van der Waals surface area contributed by atoms with Gasteiger partial charge in [0, 0.05) is 23.9 Å². The number of rotatable bonds is 4. The summed E-state index contributed by atoms with van der Waals surface area (Å²) in [5, 5.41) is 7.36. The Balaban J connectivity index is 2.24. The fourth-order valence-electron chi connectivity index (χ4n) is 2.67. The van der Waals surface area contributed by atoms with Gasteiger partial charge in [0.2, 0.25) is 0 Å². The molecule has 3 nitrogen and oxygen atoms in total. The van der Waals surface area contributed by atoms with Crippen LogP contribution >= 0.6 is 11.3 Å².